The van der Waals surface area contributed by atoms with E-state index in [4.69, 9.17) is 0 Å². The summed E-state index contributed by atoms with van der Waals surface area (Å²) in [6.45, 7) is 5.10. The first-order valence-electron chi connectivity index (χ1n) is 8.36. The van der Waals surface area contributed by atoms with Crippen molar-refractivity contribution in [1.82, 2.24) is 4.57 Å². The Balaban J connectivity index is 2.12. The van der Waals surface area contributed by atoms with E-state index in [1.165, 1.54) is 15.8 Å². The summed E-state index contributed by atoms with van der Waals surface area (Å²) >= 11 is 5.02. The number of carbonyl (C=O) groups excluding carboxylic acids is 1. The molecule has 26 heavy (non-hydrogen) atoms. The zero-order valence-corrected chi connectivity index (χ0v) is 17.9. The third kappa shape index (κ3) is 4.08. The van der Waals surface area contributed by atoms with Gasteiger partial charge < -0.3 is 4.57 Å². The molecular formula is C20H22N2OS3. The molecule has 0 N–H and O–H groups in total. The van der Waals surface area contributed by atoms with Crippen LogP contribution in [-0.4, -0.2) is 28.7 Å². The molecule has 0 saturated carbocycles. The number of amides is 1. The molecule has 3 aromatic rings. The summed E-state index contributed by atoms with van der Waals surface area (Å²) in [6.07, 6.45) is 4.11. The van der Waals surface area contributed by atoms with Gasteiger partial charge in [0, 0.05) is 22.8 Å². The first-order valence-corrected chi connectivity index (χ1v) is 11.8. The number of thiazole rings is 1. The van der Waals surface area contributed by atoms with E-state index in [1.807, 2.05) is 30.5 Å². The summed E-state index contributed by atoms with van der Waals surface area (Å²) in [7, 11) is 0. The van der Waals surface area contributed by atoms with E-state index < -0.39 is 0 Å². The molecule has 1 aromatic heterocycles. The van der Waals surface area contributed by atoms with Gasteiger partial charge in [0.05, 0.1) is 10.2 Å². The molecule has 0 unspecified atom stereocenters. The van der Waals surface area contributed by atoms with Crippen LogP contribution in [0, 0.1) is 13.8 Å². The lowest BCUT2D eigenvalue weighted by Gasteiger charge is -2.06. The molecule has 136 valence electrons. The van der Waals surface area contributed by atoms with E-state index in [9.17, 15) is 4.79 Å². The second-order valence-electron chi connectivity index (χ2n) is 6.08. The van der Waals surface area contributed by atoms with Gasteiger partial charge in [-0.25, -0.2) is 0 Å². The standard InChI is InChI=1S/C20H22N2OS3/c1-13-10-17-18(11-14(13)2)26-20(22(17)8-9-24-3)21-19(23)15-6-5-7-16(12-15)25-4/h5-7,10-12H,8-9H2,1-4H3. The molecule has 0 atom stereocenters. The quantitative estimate of drug-likeness (QED) is 0.554. The number of thioether (sulfide) groups is 2. The molecular weight excluding hydrogens is 380 g/mol. The van der Waals surface area contributed by atoms with Gasteiger partial charge in [-0.2, -0.15) is 16.8 Å². The van der Waals surface area contributed by atoms with Gasteiger partial charge in [-0.05, 0) is 67.8 Å². The van der Waals surface area contributed by atoms with Crippen LogP contribution >= 0.6 is 34.9 Å². The Hall–Kier alpha value is -1.50. The molecule has 3 rings (SSSR count). The molecule has 0 radical (unpaired) electrons. The van der Waals surface area contributed by atoms with Crippen molar-refractivity contribution in [3.63, 3.8) is 0 Å². The SMILES string of the molecule is CSCCn1c(=NC(=O)c2cccc(SC)c2)sc2cc(C)c(C)cc21. The largest absolute Gasteiger partial charge is 0.315 e. The molecule has 0 saturated heterocycles. The summed E-state index contributed by atoms with van der Waals surface area (Å²) in [6, 6.07) is 12.1. The number of nitrogens with zero attached hydrogens (tertiary/aromatic N) is 2. The predicted octanol–water partition coefficient (Wildman–Crippen LogP) is 5.15. The van der Waals surface area contributed by atoms with Crippen molar-refractivity contribution in [2.45, 2.75) is 25.3 Å². The van der Waals surface area contributed by atoms with Crippen LogP contribution < -0.4 is 4.80 Å². The van der Waals surface area contributed by atoms with E-state index in [0.717, 1.165) is 27.5 Å². The van der Waals surface area contributed by atoms with Crippen molar-refractivity contribution < 1.29 is 4.79 Å². The van der Waals surface area contributed by atoms with Crippen LogP contribution in [0.25, 0.3) is 10.2 Å². The van der Waals surface area contributed by atoms with Crippen molar-refractivity contribution in [3.05, 3.63) is 57.9 Å². The minimum absolute atomic E-state index is 0.182. The second kappa shape index (κ2) is 8.46. The minimum atomic E-state index is -0.182. The van der Waals surface area contributed by atoms with Crippen molar-refractivity contribution in [2.75, 3.05) is 18.3 Å². The van der Waals surface area contributed by atoms with E-state index in [1.54, 1.807) is 34.9 Å². The van der Waals surface area contributed by atoms with Crippen molar-refractivity contribution in [3.8, 4) is 0 Å². The number of aromatic nitrogens is 1. The summed E-state index contributed by atoms with van der Waals surface area (Å²) in [5.74, 6) is 0.807. The summed E-state index contributed by atoms with van der Waals surface area (Å²) in [5, 5.41) is 0. The van der Waals surface area contributed by atoms with Gasteiger partial charge in [-0.1, -0.05) is 17.4 Å². The van der Waals surface area contributed by atoms with Gasteiger partial charge in [-0.3, -0.25) is 4.79 Å². The average Bonchev–Trinajstić information content (AvgIpc) is 2.96. The molecule has 0 spiro atoms. The lowest BCUT2D eigenvalue weighted by molar-refractivity contribution is 0.0997. The summed E-state index contributed by atoms with van der Waals surface area (Å²) in [4.78, 5) is 19.1. The lowest BCUT2D eigenvalue weighted by Crippen LogP contribution is -2.18. The molecule has 1 heterocycles. The summed E-state index contributed by atoms with van der Waals surface area (Å²) < 4.78 is 3.36. The zero-order chi connectivity index (χ0) is 18.7. The van der Waals surface area contributed by atoms with Crippen molar-refractivity contribution in [1.29, 1.82) is 0 Å². The molecule has 0 aliphatic heterocycles. The average molecular weight is 403 g/mol. The van der Waals surface area contributed by atoms with Gasteiger partial charge in [-0.15, -0.1) is 11.8 Å². The highest BCUT2D eigenvalue weighted by Gasteiger charge is 2.11. The van der Waals surface area contributed by atoms with Crippen LogP contribution in [0.2, 0.25) is 0 Å². The number of fused-ring (bicyclic) bond motifs is 1. The van der Waals surface area contributed by atoms with Crippen LogP contribution in [0.3, 0.4) is 0 Å². The van der Waals surface area contributed by atoms with Gasteiger partial charge in [0.2, 0.25) is 0 Å². The maximum atomic E-state index is 12.7. The molecule has 1 amide bonds. The Bertz CT molecular complexity index is 1020. The molecule has 0 bridgehead atoms. The Kier molecular flexibility index (Phi) is 6.27. The van der Waals surface area contributed by atoms with E-state index in [-0.39, 0.29) is 5.91 Å². The number of hydrogen-bond donors (Lipinski definition) is 0. The number of aryl methyl sites for hydroxylation is 3. The van der Waals surface area contributed by atoms with E-state index in [2.05, 4.69) is 41.8 Å². The number of carbonyl (C=O) groups is 1. The maximum absolute atomic E-state index is 12.7. The Morgan fingerprint density at radius 2 is 1.92 bits per heavy atom. The fourth-order valence-electron chi connectivity index (χ4n) is 2.71. The van der Waals surface area contributed by atoms with Gasteiger partial charge >= 0.3 is 0 Å². The molecule has 0 aliphatic rings. The number of benzene rings is 2. The molecule has 0 aliphatic carbocycles. The van der Waals surface area contributed by atoms with Crippen LogP contribution in [0.15, 0.2) is 46.3 Å². The second-order valence-corrected chi connectivity index (χ2v) is 8.96. The van der Waals surface area contributed by atoms with Crippen molar-refractivity contribution >= 4 is 51.0 Å². The third-order valence-electron chi connectivity index (χ3n) is 4.33. The highest BCUT2D eigenvalue weighted by molar-refractivity contribution is 7.98. The maximum Gasteiger partial charge on any atom is 0.279 e. The lowest BCUT2D eigenvalue weighted by atomic mass is 10.1. The van der Waals surface area contributed by atoms with E-state index >= 15 is 0 Å². The number of rotatable bonds is 5. The van der Waals surface area contributed by atoms with Gasteiger partial charge in [0.15, 0.2) is 4.80 Å². The van der Waals surface area contributed by atoms with Crippen LogP contribution in [-0.2, 0) is 6.54 Å². The van der Waals surface area contributed by atoms with E-state index in [0.29, 0.717) is 5.56 Å². The molecule has 2 aromatic carbocycles. The normalized spacial score (nSPS) is 12.1. The Morgan fingerprint density at radius 1 is 1.15 bits per heavy atom. The minimum Gasteiger partial charge on any atom is -0.315 e. The Morgan fingerprint density at radius 3 is 2.65 bits per heavy atom. The van der Waals surface area contributed by atoms with Crippen molar-refractivity contribution in [2.24, 2.45) is 4.99 Å². The van der Waals surface area contributed by atoms with Gasteiger partial charge in [0.25, 0.3) is 5.91 Å². The fraction of sp³-hybridized carbons (Fsp3) is 0.300. The predicted molar refractivity (Wildman–Crippen MR) is 116 cm³/mol. The first kappa shape index (κ1) is 19.3. The Labute approximate surface area is 166 Å². The highest BCUT2D eigenvalue weighted by atomic mass is 32.2. The molecule has 6 heteroatoms. The van der Waals surface area contributed by atoms with Gasteiger partial charge in [0.1, 0.15) is 0 Å². The third-order valence-corrected chi connectivity index (χ3v) is 6.69. The molecule has 3 nitrogen and oxygen atoms in total. The van der Waals surface area contributed by atoms with Crippen LogP contribution in [0.1, 0.15) is 21.5 Å². The number of hydrogen-bond acceptors (Lipinski definition) is 4. The van der Waals surface area contributed by atoms with Crippen LogP contribution in [0.5, 0.6) is 0 Å². The fourth-order valence-corrected chi connectivity index (χ4v) is 4.67. The van der Waals surface area contributed by atoms with Crippen LogP contribution in [0.4, 0.5) is 0 Å². The summed E-state index contributed by atoms with van der Waals surface area (Å²) in [5.41, 5.74) is 4.33. The first-order chi connectivity index (χ1) is 12.5. The zero-order valence-electron chi connectivity index (χ0n) is 15.4. The molecule has 0 fully saturated rings. The monoisotopic (exact) mass is 402 g/mol. The topological polar surface area (TPSA) is 34.4 Å². The smallest absolute Gasteiger partial charge is 0.279 e. The highest BCUT2D eigenvalue weighted by Crippen LogP contribution is 2.22.